The van der Waals surface area contributed by atoms with Crippen LogP contribution in [-0.4, -0.2) is 0 Å². The van der Waals surface area contributed by atoms with Gasteiger partial charge in [-0.2, -0.15) is 0 Å². The van der Waals surface area contributed by atoms with Crippen molar-refractivity contribution in [3.8, 4) is 44.5 Å². The Kier molecular flexibility index (Phi) is 27.1. The Balaban J connectivity index is 0.000000125. The van der Waals surface area contributed by atoms with Gasteiger partial charge in [0, 0.05) is 113 Å². The first-order valence-corrected chi connectivity index (χ1v) is 50.5. The Hall–Kier alpha value is -18.6. The average Bonchev–Trinajstić information content (AvgIpc) is 0.720. The van der Waals surface area contributed by atoms with Crippen LogP contribution in [0.25, 0.3) is 98.4 Å². The third-order valence-corrected chi connectivity index (χ3v) is 27.6. The highest BCUT2D eigenvalue weighted by molar-refractivity contribution is 6.23. The number of hydrogen-bond donors (Lipinski definition) is 0. The average molecular weight is 1880 g/mol. The summed E-state index contributed by atoms with van der Waals surface area (Å²) in [6.07, 6.45) is 0. The largest absolute Gasteiger partial charge is 0.311 e. The van der Waals surface area contributed by atoms with Crippen LogP contribution in [0.1, 0.15) is 50.7 Å². The number of fused-ring (bicyclic) bond motifs is 5. The third-order valence-electron chi connectivity index (χ3n) is 27.6. The highest BCUT2D eigenvalue weighted by Gasteiger charge is 2.28. The minimum atomic E-state index is 0.468. The van der Waals surface area contributed by atoms with E-state index < -0.39 is 0 Å². The van der Waals surface area contributed by atoms with E-state index in [2.05, 4.69) is 639 Å². The van der Waals surface area contributed by atoms with Gasteiger partial charge in [0.25, 0.3) is 0 Å². The number of benzene rings is 24. The van der Waals surface area contributed by atoms with E-state index in [4.69, 9.17) is 0 Å². The van der Waals surface area contributed by atoms with Crippen LogP contribution < -0.4 is 29.4 Å². The van der Waals surface area contributed by atoms with E-state index in [1.807, 2.05) is 0 Å². The van der Waals surface area contributed by atoms with E-state index >= 15 is 0 Å². The maximum Gasteiger partial charge on any atom is 0.0619 e. The second kappa shape index (κ2) is 42.8. The van der Waals surface area contributed by atoms with Gasteiger partial charge in [0.05, 0.1) is 11.4 Å². The van der Waals surface area contributed by atoms with Crippen LogP contribution in [0.3, 0.4) is 0 Å². The molecule has 146 heavy (non-hydrogen) atoms. The molecule has 0 amide bonds. The van der Waals surface area contributed by atoms with Gasteiger partial charge in [-0.15, -0.1) is 0 Å². The molecular formula is C140H110N6. The van der Waals surface area contributed by atoms with Crippen molar-refractivity contribution in [2.45, 2.75) is 39.5 Å². The second-order valence-electron chi connectivity index (χ2n) is 37.6. The number of para-hydroxylation sites is 3. The van der Waals surface area contributed by atoms with Crippen molar-refractivity contribution in [1.29, 1.82) is 0 Å². The molecule has 0 fully saturated rings. The van der Waals surface area contributed by atoms with Crippen LogP contribution in [0.15, 0.2) is 582 Å². The smallest absolute Gasteiger partial charge is 0.0619 e. The zero-order chi connectivity index (χ0) is 98.4. The van der Waals surface area contributed by atoms with Crippen LogP contribution in [0, 0.1) is 0 Å². The number of rotatable bonds is 24. The summed E-state index contributed by atoms with van der Waals surface area (Å²) in [7, 11) is 0. The first kappa shape index (κ1) is 92.4. The predicted octanol–water partition coefficient (Wildman–Crippen LogP) is 40.6. The van der Waals surface area contributed by atoms with E-state index in [9.17, 15) is 0 Å². The molecule has 0 bridgehead atoms. The quantitative estimate of drug-likeness (QED) is 0.0440. The first-order valence-electron chi connectivity index (χ1n) is 50.5. The van der Waals surface area contributed by atoms with Crippen LogP contribution >= 0.6 is 0 Å². The lowest BCUT2D eigenvalue weighted by Gasteiger charge is -2.33. The molecule has 24 aromatic carbocycles. The molecule has 24 aromatic rings. The van der Waals surface area contributed by atoms with Crippen molar-refractivity contribution in [2.75, 3.05) is 29.4 Å². The first-order chi connectivity index (χ1) is 72.1. The zero-order valence-corrected chi connectivity index (χ0v) is 82.3. The van der Waals surface area contributed by atoms with Gasteiger partial charge in [-0.25, -0.2) is 0 Å². The fraction of sp³-hybridized carbons (Fsp3) is 0.0429. The second-order valence-corrected chi connectivity index (χ2v) is 37.6. The van der Waals surface area contributed by atoms with Crippen LogP contribution in [0.4, 0.5) is 102 Å². The topological polar surface area (TPSA) is 19.4 Å². The highest BCUT2D eigenvalue weighted by atomic mass is 15.2. The molecule has 0 aliphatic rings. The van der Waals surface area contributed by atoms with Gasteiger partial charge in [0.15, 0.2) is 0 Å². The van der Waals surface area contributed by atoms with Crippen molar-refractivity contribution in [3.63, 3.8) is 0 Å². The van der Waals surface area contributed by atoms with E-state index in [0.29, 0.717) is 11.8 Å². The molecule has 0 aliphatic carbocycles. The lowest BCUT2D eigenvalue weighted by molar-refractivity contribution is 0.866. The molecule has 0 spiro atoms. The normalized spacial score (nSPS) is 11.1. The molecule has 0 unspecified atom stereocenters. The fourth-order valence-corrected chi connectivity index (χ4v) is 20.1. The minimum Gasteiger partial charge on any atom is -0.311 e. The van der Waals surface area contributed by atoms with Gasteiger partial charge < -0.3 is 29.4 Å². The molecule has 6 heteroatoms. The zero-order valence-electron chi connectivity index (χ0n) is 82.3. The van der Waals surface area contributed by atoms with Crippen molar-refractivity contribution in [1.82, 2.24) is 0 Å². The van der Waals surface area contributed by atoms with Gasteiger partial charge in [-0.1, -0.05) is 416 Å². The Labute approximate surface area is 857 Å². The van der Waals surface area contributed by atoms with Crippen molar-refractivity contribution < 1.29 is 0 Å². The monoisotopic (exact) mass is 1870 g/mol. The van der Waals surface area contributed by atoms with Crippen LogP contribution in [-0.2, 0) is 0 Å². The molecule has 0 saturated carbocycles. The summed E-state index contributed by atoms with van der Waals surface area (Å²) in [5, 5.41) is 12.1. The molecule has 0 radical (unpaired) electrons. The minimum absolute atomic E-state index is 0.468. The van der Waals surface area contributed by atoms with Crippen LogP contribution in [0.5, 0.6) is 0 Å². The van der Waals surface area contributed by atoms with Gasteiger partial charge in [0.1, 0.15) is 0 Å². The third kappa shape index (κ3) is 20.0. The van der Waals surface area contributed by atoms with E-state index in [-0.39, 0.29) is 0 Å². The summed E-state index contributed by atoms with van der Waals surface area (Å²) in [6.45, 7) is 9.01. The summed E-state index contributed by atoms with van der Waals surface area (Å²) >= 11 is 0. The Morgan fingerprint density at radius 1 is 0.116 bits per heavy atom. The van der Waals surface area contributed by atoms with Gasteiger partial charge in [0.2, 0.25) is 0 Å². The SMILES string of the molecule is CC(C)c1ccc(N(c2ccc(C(C)C)cc2)c2c3ccccc3c(N(c3ccccc3)c3ccccc3)c3ccccc23)cc1.c1ccc(-c2ccc(N(c3ccc(-c4ccccc4)cc3)c3ccc(N(c4ccc5ccccc5c4)c4ccc5ccccc5c4)cc3)cc2)cc1.c1ccc(-c2ccc(N(c3ccc(-c4ccccc4)cc3)c3ccc(N(c4ccccc4)c4ccc5ccccc5c4)cc3)cc2)cc1. The molecule has 700 valence electrons. The molecule has 0 heterocycles. The van der Waals surface area contributed by atoms with Gasteiger partial charge in [-0.3, -0.25) is 0 Å². The number of anilines is 18. The molecular weight excluding hydrogens is 1770 g/mol. The summed E-state index contributed by atoms with van der Waals surface area (Å²) in [6, 6.07) is 209. The van der Waals surface area contributed by atoms with Crippen molar-refractivity contribution in [3.05, 3.63) is 593 Å². The Morgan fingerprint density at radius 2 is 0.267 bits per heavy atom. The van der Waals surface area contributed by atoms with E-state index in [1.165, 1.54) is 121 Å². The molecule has 0 N–H and O–H groups in total. The lowest BCUT2D eigenvalue weighted by Crippen LogP contribution is -2.14. The van der Waals surface area contributed by atoms with Crippen molar-refractivity contribution >= 4 is 156 Å². The highest BCUT2D eigenvalue weighted by Crippen LogP contribution is 2.53. The molecule has 0 saturated heterocycles. The summed E-state index contributed by atoms with van der Waals surface area (Å²) in [5.74, 6) is 0.937. The Morgan fingerprint density at radius 3 is 0.500 bits per heavy atom. The fourth-order valence-electron chi connectivity index (χ4n) is 20.1. The lowest BCUT2D eigenvalue weighted by atomic mass is 9.95. The molecule has 0 aliphatic heterocycles. The summed E-state index contributed by atoms with van der Waals surface area (Å²) in [4.78, 5) is 14.2. The van der Waals surface area contributed by atoms with E-state index in [1.54, 1.807) is 0 Å². The maximum absolute atomic E-state index is 2.46. The molecule has 24 rings (SSSR count). The number of hydrogen-bond acceptors (Lipinski definition) is 6. The molecule has 0 aromatic heterocycles. The Bertz CT molecular complexity index is 8120. The maximum atomic E-state index is 2.46. The molecule has 6 nitrogen and oxygen atoms in total. The summed E-state index contributed by atoms with van der Waals surface area (Å²) in [5.41, 5.74) is 32.4. The summed E-state index contributed by atoms with van der Waals surface area (Å²) < 4.78 is 0. The predicted molar refractivity (Wildman–Crippen MR) is 625 cm³/mol. The number of nitrogens with zero attached hydrogens (tertiary/aromatic N) is 6. The van der Waals surface area contributed by atoms with Crippen LogP contribution in [0.2, 0.25) is 0 Å². The van der Waals surface area contributed by atoms with Crippen molar-refractivity contribution in [2.24, 2.45) is 0 Å². The molecule has 0 atom stereocenters. The van der Waals surface area contributed by atoms with E-state index in [0.717, 1.165) is 91.0 Å². The standard InChI is InChI=1S/C50H36N2.C46H34N2.C44H40N2/c1-3-11-37(12-4-1)41-19-25-45(26-20-41)51(46-27-21-42(22-28-46)38-13-5-2-6-14-38)47-31-33-48(34-32-47)52(49-29-23-39-15-7-9-17-43(39)35-49)50-30-24-40-16-8-10-18-44(40)36-50;1-4-12-35(13-5-1)38-20-25-42(26-21-38)47(43-27-22-39(23-28-43)36-14-6-2-7-15-36)44-30-32-45(33-31-44)48(41-18-8-3-9-19-41)46-29-24-37-16-10-11-17-40(37)34-46;1-31(2)33-23-27-37(28-24-33)46(38-29-25-34(26-30-38)32(3)4)44-41-21-13-11-19-39(41)43(40-20-12-14-22-42(40)44)45(35-15-7-5-8-16-35)36-17-9-6-10-18-36/h1-36H;1-34H;5-32H,1-4H3. The van der Waals surface area contributed by atoms with Gasteiger partial charge in [-0.05, 0) is 294 Å². The van der Waals surface area contributed by atoms with Gasteiger partial charge >= 0.3 is 0 Å².